The molecule has 1 fully saturated rings. The van der Waals surface area contributed by atoms with Crippen molar-refractivity contribution in [2.24, 2.45) is 5.92 Å². The van der Waals surface area contributed by atoms with Crippen molar-refractivity contribution in [3.63, 3.8) is 0 Å². The standard InChI is InChI=1S/C13H13Cl2NO2/c14-11-6-3-9(7-12(11)15)16-13(18)8-1-4-10(17)5-2-8/h3,6-8H,1-2,4-5H2,(H,16,18). The van der Waals surface area contributed by atoms with Crippen LogP contribution in [0.4, 0.5) is 5.69 Å². The van der Waals surface area contributed by atoms with E-state index in [4.69, 9.17) is 23.2 Å². The topological polar surface area (TPSA) is 46.2 Å². The molecule has 0 atom stereocenters. The maximum atomic E-state index is 12.0. The lowest BCUT2D eigenvalue weighted by molar-refractivity contribution is -0.125. The van der Waals surface area contributed by atoms with E-state index in [1.807, 2.05) is 0 Å². The molecule has 3 nitrogen and oxygen atoms in total. The highest BCUT2D eigenvalue weighted by Gasteiger charge is 2.24. The molecule has 18 heavy (non-hydrogen) atoms. The van der Waals surface area contributed by atoms with Crippen molar-refractivity contribution in [2.45, 2.75) is 25.7 Å². The summed E-state index contributed by atoms with van der Waals surface area (Å²) in [5.41, 5.74) is 0.631. The SMILES string of the molecule is O=C1CCC(C(=O)Nc2ccc(Cl)c(Cl)c2)CC1. The third-order valence-electron chi connectivity index (χ3n) is 3.10. The van der Waals surface area contributed by atoms with Crippen molar-refractivity contribution in [1.82, 2.24) is 0 Å². The van der Waals surface area contributed by atoms with Gasteiger partial charge >= 0.3 is 0 Å². The molecule has 0 heterocycles. The zero-order valence-corrected chi connectivity index (χ0v) is 11.2. The van der Waals surface area contributed by atoms with Crippen LogP contribution in [0.5, 0.6) is 0 Å². The summed E-state index contributed by atoms with van der Waals surface area (Å²) in [6.07, 6.45) is 2.26. The molecule has 1 aliphatic rings. The minimum absolute atomic E-state index is 0.0547. The van der Waals surface area contributed by atoms with Crippen LogP contribution >= 0.6 is 23.2 Å². The summed E-state index contributed by atoms with van der Waals surface area (Å²) in [4.78, 5) is 23.1. The Morgan fingerprint density at radius 3 is 2.44 bits per heavy atom. The van der Waals surface area contributed by atoms with Gasteiger partial charge in [0.25, 0.3) is 0 Å². The largest absolute Gasteiger partial charge is 0.326 e. The molecular weight excluding hydrogens is 273 g/mol. The highest BCUT2D eigenvalue weighted by molar-refractivity contribution is 6.42. The zero-order valence-electron chi connectivity index (χ0n) is 9.71. The van der Waals surface area contributed by atoms with Gasteiger partial charge < -0.3 is 5.32 Å². The Labute approximate surface area is 115 Å². The first-order chi connectivity index (χ1) is 8.56. The average molecular weight is 286 g/mol. The molecule has 1 N–H and O–H groups in total. The Morgan fingerprint density at radius 1 is 1.17 bits per heavy atom. The van der Waals surface area contributed by atoms with Gasteiger partial charge in [0, 0.05) is 24.4 Å². The van der Waals surface area contributed by atoms with Crippen LogP contribution in [0.1, 0.15) is 25.7 Å². The van der Waals surface area contributed by atoms with Crippen molar-refractivity contribution >= 4 is 40.6 Å². The summed E-state index contributed by atoms with van der Waals surface area (Å²) in [6.45, 7) is 0. The Kier molecular flexibility index (Phi) is 4.25. The van der Waals surface area contributed by atoms with Gasteiger partial charge in [-0.2, -0.15) is 0 Å². The maximum absolute atomic E-state index is 12.0. The summed E-state index contributed by atoms with van der Waals surface area (Å²) in [5.74, 6) is 0.103. The van der Waals surface area contributed by atoms with E-state index < -0.39 is 0 Å². The molecule has 1 aromatic rings. The predicted octanol–water partition coefficient (Wildman–Crippen LogP) is 3.69. The second-order valence-corrected chi connectivity index (χ2v) is 5.25. The van der Waals surface area contributed by atoms with Gasteiger partial charge in [-0.3, -0.25) is 9.59 Å². The summed E-state index contributed by atoms with van der Waals surface area (Å²) in [5, 5.41) is 3.67. The monoisotopic (exact) mass is 285 g/mol. The number of Topliss-reactive ketones (excluding diaryl/α,β-unsaturated/α-hetero) is 1. The highest BCUT2D eigenvalue weighted by Crippen LogP contribution is 2.27. The summed E-state index contributed by atoms with van der Waals surface area (Å²) in [6, 6.07) is 4.97. The quantitative estimate of drug-likeness (QED) is 0.901. The van der Waals surface area contributed by atoms with E-state index in [9.17, 15) is 9.59 Å². The number of benzene rings is 1. The second kappa shape index (κ2) is 5.72. The van der Waals surface area contributed by atoms with Gasteiger partial charge in [0.15, 0.2) is 0 Å². The number of carbonyl (C=O) groups is 2. The van der Waals surface area contributed by atoms with E-state index in [1.165, 1.54) is 0 Å². The summed E-state index contributed by atoms with van der Waals surface area (Å²) < 4.78 is 0. The molecule has 0 radical (unpaired) electrons. The Morgan fingerprint density at radius 2 is 1.83 bits per heavy atom. The molecule has 1 aromatic carbocycles. The lowest BCUT2D eigenvalue weighted by Crippen LogP contribution is -2.27. The molecule has 5 heteroatoms. The molecule has 2 rings (SSSR count). The van der Waals surface area contributed by atoms with Crippen LogP contribution in [0.15, 0.2) is 18.2 Å². The molecular formula is C13H13Cl2NO2. The van der Waals surface area contributed by atoms with E-state index in [2.05, 4.69) is 5.32 Å². The van der Waals surface area contributed by atoms with Crippen LogP contribution in [0.2, 0.25) is 10.0 Å². The van der Waals surface area contributed by atoms with Gasteiger partial charge in [0.1, 0.15) is 5.78 Å². The van der Waals surface area contributed by atoms with Crippen molar-refractivity contribution in [3.05, 3.63) is 28.2 Å². The minimum Gasteiger partial charge on any atom is -0.326 e. The van der Waals surface area contributed by atoms with Crippen LogP contribution in [0.3, 0.4) is 0 Å². The number of amides is 1. The third kappa shape index (κ3) is 3.24. The number of rotatable bonds is 2. The molecule has 1 aliphatic carbocycles. The fourth-order valence-electron chi connectivity index (χ4n) is 2.02. The molecule has 96 valence electrons. The minimum atomic E-state index is -0.0860. The summed E-state index contributed by atoms with van der Waals surface area (Å²) in [7, 11) is 0. The number of anilines is 1. The molecule has 0 aromatic heterocycles. The van der Waals surface area contributed by atoms with Gasteiger partial charge in [-0.25, -0.2) is 0 Å². The molecule has 0 spiro atoms. The van der Waals surface area contributed by atoms with Crippen molar-refractivity contribution in [1.29, 1.82) is 0 Å². The Bertz CT molecular complexity index is 478. The average Bonchev–Trinajstić information content (AvgIpc) is 2.34. The van der Waals surface area contributed by atoms with Gasteiger partial charge in [-0.15, -0.1) is 0 Å². The first kappa shape index (κ1) is 13.4. The van der Waals surface area contributed by atoms with E-state index in [0.29, 0.717) is 41.4 Å². The predicted molar refractivity (Wildman–Crippen MR) is 72.1 cm³/mol. The van der Waals surface area contributed by atoms with E-state index in [1.54, 1.807) is 18.2 Å². The van der Waals surface area contributed by atoms with E-state index in [0.717, 1.165) is 0 Å². The van der Waals surface area contributed by atoms with Gasteiger partial charge in [0.05, 0.1) is 10.0 Å². The number of carbonyl (C=O) groups excluding carboxylic acids is 2. The number of nitrogens with one attached hydrogen (secondary N) is 1. The Balaban J connectivity index is 1.98. The molecule has 1 saturated carbocycles. The van der Waals surface area contributed by atoms with Crippen molar-refractivity contribution in [3.8, 4) is 0 Å². The fraction of sp³-hybridized carbons (Fsp3) is 0.385. The van der Waals surface area contributed by atoms with Gasteiger partial charge in [-0.05, 0) is 31.0 Å². The smallest absolute Gasteiger partial charge is 0.227 e. The zero-order chi connectivity index (χ0) is 13.1. The normalized spacial score (nSPS) is 16.7. The van der Waals surface area contributed by atoms with Gasteiger partial charge in [-0.1, -0.05) is 23.2 Å². The maximum Gasteiger partial charge on any atom is 0.227 e. The van der Waals surface area contributed by atoms with Crippen LogP contribution in [0, 0.1) is 5.92 Å². The first-order valence-electron chi connectivity index (χ1n) is 5.84. The van der Waals surface area contributed by atoms with Crippen LogP contribution in [-0.2, 0) is 9.59 Å². The van der Waals surface area contributed by atoms with Gasteiger partial charge in [0.2, 0.25) is 5.91 Å². The molecule has 0 aliphatic heterocycles. The molecule has 0 bridgehead atoms. The Hall–Kier alpha value is -1.06. The number of ketones is 1. The third-order valence-corrected chi connectivity index (χ3v) is 3.84. The lowest BCUT2D eigenvalue weighted by Gasteiger charge is -2.20. The molecule has 0 saturated heterocycles. The fourth-order valence-corrected chi connectivity index (χ4v) is 2.32. The first-order valence-corrected chi connectivity index (χ1v) is 6.59. The molecule has 0 unspecified atom stereocenters. The van der Waals surface area contributed by atoms with E-state index >= 15 is 0 Å². The van der Waals surface area contributed by atoms with Crippen LogP contribution in [-0.4, -0.2) is 11.7 Å². The lowest BCUT2D eigenvalue weighted by atomic mass is 9.88. The van der Waals surface area contributed by atoms with E-state index in [-0.39, 0.29) is 17.6 Å². The summed E-state index contributed by atoms with van der Waals surface area (Å²) >= 11 is 11.7. The number of hydrogen-bond acceptors (Lipinski definition) is 2. The van der Waals surface area contributed by atoms with Crippen LogP contribution in [0.25, 0.3) is 0 Å². The number of hydrogen-bond donors (Lipinski definition) is 1. The molecule has 1 amide bonds. The highest BCUT2D eigenvalue weighted by atomic mass is 35.5. The number of halogens is 2. The second-order valence-electron chi connectivity index (χ2n) is 4.43. The van der Waals surface area contributed by atoms with Crippen LogP contribution < -0.4 is 5.32 Å². The van der Waals surface area contributed by atoms with Crippen molar-refractivity contribution < 1.29 is 9.59 Å². The van der Waals surface area contributed by atoms with Crippen molar-refractivity contribution in [2.75, 3.05) is 5.32 Å².